The standard InChI is InChI=1S/C17H27BrN2O5/c18-13-14(21)19-12-8-6-4-2-1-3-5-7-9-17(24)25-20-15(22)10-11-16(20)23/h1-13H2,(H,19,21). The SMILES string of the molecule is O=C(CBr)NCCCCCCCCCCC(=O)ON1C(=O)CCC1=O. The van der Waals surface area contributed by atoms with Gasteiger partial charge in [-0.2, -0.15) is 0 Å². The Morgan fingerprint density at radius 1 is 0.920 bits per heavy atom. The van der Waals surface area contributed by atoms with Crippen LogP contribution in [0, 0.1) is 0 Å². The first-order valence-electron chi connectivity index (χ1n) is 8.94. The minimum Gasteiger partial charge on any atom is -0.355 e. The van der Waals surface area contributed by atoms with E-state index in [4.69, 9.17) is 4.84 Å². The Balaban J connectivity index is 1.88. The average Bonchev–Trinajstić information content (AvgIpc) is 2.91. The number of hydrogen-bond acceptors (Lipinski definition) is 5. The number of halogens is 1. The molecule has 0 aromatic rings. The van der Waals surface area contributed by atoms with E-state index in [0.29, 0.717) is 16.8 Å². The van der Waals surface area contributed by atoms with E-state index in [0.717, 1.165) is 51.5 Å². The zero-order chi connectivity index (χ0) is 18.5. The summed E-state index contributed by atoms with van der Waals surface area (Å²) in [6.45, 7) is 0.731. The van der Waals surface area contributed by atoms with Crippen molar-refractivity contribution >= 4 is 39.6 Å². The van der Waals surface area contributed by atoms with Gasteiger partial charge in [0, 0.05) is 25.8 Å². The number of carbonyl (C=O) groups excluding carboxylic acids is 4. The van der Waals surface area contributed by atoms with Crippen molar-refractivity contribution in [1.82, 2.24) is 10.4 Å². The summed E-state index contributed by atoms with van der Waals surface area (Å²) in [5, 5.41) is 3.77. The summed E-state index contributed by atoms with van der Waals surface area (Å²) in [6.07, 6.45) is 8.66. The van der Waals surface area contributed by atoms with Gasteiger partial charge in [0.05, 0.1) is 5.33 Å². The van der Waals surface area contributed by atoms with Crippen molar-refractivity contribution in [3.05, 3.63) is 0 Å². The van der Waals surface area contributed by atoms with E-state index in [-0.39, 0.29) is 25.2 Å². The lowest BCUT2D eigenvalue weighted by atomic mass is 10.1. The molecule has 25 heavy (non-hydrogen) atoms. The van der Waals surface area contributed by atoms with Crippen LogP contribution in [-0.2, 0) is 24.0 Å². The van der Waals surface area contributed by atoms with Gasteiger partial charge in [-0.15, -0.1) is 5.06 Å². The highest BCUT2D eigenvalue weighted by Crippen LogP contribution is 2.14. The quantitative estimate of drug-likeness (QED) is 0.282. The number of nitrogens with zero attached hydrogens (tertiary/aromatic N) is 1. The number of imide groups is 1. The van der Waals surface area contributed by atoms with E-state index < -0.39 is 17.8 Å². The Kier molecular flexibility index (Phi) is 11.1. The van der Waals surface area contributed by atoms with Gasteiger partial charge in [0.1, 0.15) is 0 Å². The Bertz CT molecular complexity index is 454. The van der Waals surface area contributed by atoms with Crippen molar-refractivity contribution in [3.63, 3.8) is 0 Å². The van der Waals surface area contributed by atoms with Gasteiger partial charge in [-0.3, -0.25) is 14.4 Å². The summed E-state index contributed by atoms with van der Waals surface area (Å²) in [5.74, 6) is -1.37. The van der Waals surface area contributed by atoms with Gasteiger partial charge in [0.2, 0.25) is 5.91 Å². The summed E-state index contributed by atoms with van der Waals surface area (Å²) in [7, 11) is 0. The molecular formula is C17H27BrN2O5. The van der Waals surface area contributed by atoms with Gasteiger partial charge in [-0.1, -0.05) is 54.5 Å². The van der Waals surface area contributed by atoms with Gasteiger partial charge in [-0.05, 0) is 12.8 Å². The van der Waals surface area contributed by atoms with Crippen molar-refractivity contribution in [3.8, 4) is 0 Å². The smallest absolute Gasteiger partial charge is 0.333 e. The highest BCUT2D eigenvalue weighted by atomic mass is 79.9. The molecule has 0 unspecified atom stereocenters. The Labute approximate surface area is 156 Å². The van der Waals surface area contributed by atoms with Crippen LogP contribution in [0.1, 0.15) is 70.6 Å². The molecule has 0 bridgehead atoms. The van der Waals surface area contributed by atoms with Crippen LogP contribution in [0.3, 0.4) is 0 Å². The molecule has 0 atom stereocenters. The maximum Gasteiger partial charge on any atom is 0.333 e. The lowest BCUT2D eigenvalue weighted by molar-refractivity contribution is -0.197. The third-order valence-electron chi connectivity index (χ3n) is 3.95. The fourth-order valence-electron chi connectivity index (χ4n) is 2.54. The summed E-state index contributed by atoms with van der Waals surface area (Å²) < 4.78 is 0. The van der Waals surface area contributed by atoms with Crippen molar-refractivity contribution in [2.24, 2.45) is 0 Å². The summed E-state index contributed by atoms with van der Waals surface area (Å²) >= 11 is 3.10. The molecule has 0 aliphatic carbocycles. The number of alkyl halides is 1. The molecule has 3 amide bonds. The number of hydrogen-bond donors (Lipinski definition) is 1. The lowest BCUT2D eigenvalue weighted by Crippen LogP contribution is -2.31. The molecule has 0 radical (unpaired) electrons. The Hall–Kier alpha value is -1.44. The molecular weight excluding hydrogens is 392 g/mol. The van der Waals surface area contributed by atoms with Crippen LogP contribution in [0.2, 0.25) is 0 Å². The van der Waals surface area contributed by atoms with Crippen LogP contribution in [0.4, 0.5) is 0 Å². The van der Waals surface area contributed by atoms with Crippen LogP contribution in [0.15, 0.2) is 0 Å². The predicted octanol–water partition coefficient (Wildman–Crippen LogP) is 2.62. The number of nitrogens with one attached hydrogen (secondary N) is 1. The molecule has 1 aliphatic heterocycles. The third-order valence-corrected chi connectivity index (χ3v) is 4.46. The molecule has 142 valence electrons. The molecule has 1 heterocycles. The second kappa shape index (κ2) is 12.9. The molecule has 1 saturated heterocycles. The third kappa shape index (κ3) is 9.57. The zero-order valence-electron chi connectivity index (χ0n) is 14.6. The zero-order valence-corrected chi connectivity index (χ0v) is 16.1. The minimum atomic E-state index is -0.519. The monoisotopic (exact) mass is 418 g/mol. The molecule has 1 aliphatic rings. The largest absolute Gasteiger partial charge is 0.355 e. The van der Waals surface area contributed by atoms with Crippen molar-refractivity contribution in [2.75, 3.05) is 11.9 Å². The van der Waals surface area contributed by atoms with E-state index in [2.05, 4.69) is 21.2 Å². The molecule has 1 fully saturated rings. The molecule has 0 aromatic carbocycles. The van der Waals surface area contributed by atoms with Crippen molar-refractivity contribution < 1.29 is 24.0 Å². The normalized spacial score (nSPS) is 14.0. The van der Waals surface area contributed by atoms with Crippen molar-refractivity contribution in [1.29, 1.82) is 0 Å². The Morgan fingerprint density at radius 3 is 2.00 bits per heavy atom. The molecule has 0 saturated carbocycles. The van der Waals surface area contributed by atoms with E-state index in [1.165, 1.54) is 0 Å². The first-order chi connectivity index (χ1) is 12.0. The van der Waals surface area contributed by atoms with Crippen LogP contribution in [0.5, 0.6) is 0 Å². The second-order valence-corrected chi connectivity index (χ2v) is 6.67. The number of amides is 3. The fourth-order valence-corrected chi connectivity index (χ4v) is 2.73. The van der Waals surface area contributed by atoms with Gasteiger partial charge < -0.3 is 10.2 Å². The molecule has 8 heteroatoms. The molecule has 0 aromatic heterocycles. The summed E-state index contributed by atoms with van der Waals surface area (Å²) in [5.41, 5.74) is 0. The van der Waals surface area contributed by atoms with Gasteiger partial charge in [0.25, 0.3) is 11.8 Å². The van der Waals surface area contributed by atoms with Gasteiger partial charge >= 0.3 is 5.97 Å². The van der Waals surface area contributed by atoms with Crippen LogP contribution in [-0.4, -0.2) is 40.6 Å². The lowest BCUT2D eigenvalue weighted by Gasteiger charge is -2.12. The topological polar surface area (TPSA) is 92.8 Å². The number of rotatable bonds is 13. The predicted molar refractivity (Wildman–Crippen MR) is 95.5 cm³/mol. The molecule has 0 spiro atoms. The first-order valence-corrected chi connectivity index (χ1v) is 10.1. The van der Waals surface area contributed by atoms with Crippen LogP contribution < -0.4 is 5.32 Å². The Morgan fingerprint density at radius 2 is 1.44 bits per heavy atom. The van der Waals surface area contributed by atoms with E-state index in [1.807, 2.05) is 0 Å². The minimum absolute atomic E-state index is 0.0250. The summed E-state index contributed by atoms with van der Waals surface area (Å²) in [4.78, 5) is 50.0. The highest BCUT2D eigenvalue weighted by molar-refractivity contribution is 9.09. The van der Waals surface area contributed by atoms with Gasteiger partial charge in [-0.25, -0.2) is 4.79 Å². The van der Waals surface area contributed by atoms with Crippen LogP contribution >= 0.6 is 15.9 Å². The van der Waals surface area contributed by atoms with E-state index in [1.54, 1.807) is 0 Å². The number of carbonyl (C=O) groups is 4. The maximum atomic E-state index is 11.6. The fraction of sp³-hybridized carbons (Fsp3) is 0.765. The maximum absolute atomic E-state index is 11.6. The number of unbranched alkanes of at least 4 members (excludes halogenated alkanes) is 7. The van der Waals surface area contributed by atoms with Crippen molar-refractivity contribution in [2.45, 2.75) is 70.6 Å². The van der Waals surface area contributed by atoms with Gasteiger partial charge in [0.15, 0.2) is 0 Å². The molecule has 1 rings (SSSR count). The van der Waals surface area contributed by atoms with Crippen LogP contribution in [0.25, 0.3) is 0 Å². The second-order valence-electron chi connectivity index (χ2n) is 6.11. The molecule has 7 nitrogen and oxygen atoms in total. The summed E-state index contributed by atoms with van der Waals surface area (Å²) in [6, 6.07) is 0. The highest BCUT2D eigenvalue weighted by Gasteiger charge is 2.32. The number of hydroxylamine groups is 2. The van der Waals surface area contributed by atoms with E-state index >= 15 is 0 Å². The average molecular weight is 419 g/mol. The molecule has 1 N–H and O–H groups in total. The van der Waals surface area contributed by atoms with E-state index in [9.17, 15) is 19.2 Å². The first kappa shape index (κ1) is 21.6.